The highest BCUT2D eigenvalue weighted by Gasteiger charge is 2.41. The summed E-state index contributed by atoms with van der Waals surface area (Å²) in [6.45, 7) is 0. The van der Waals surface area contributed by atoms with E-state index < -0.39 is 42.7 Å². The van der Waals surface area contributed by atoms with Gasteiger partial charge in [0.15, 0.2) is 21.4 Å². The van der Waals surface area contributed by atoms with Crippen LogP contribution in [0.15, 0.2) is 32.6 Å². The van der Waals surface area contributed by atoms with E-state index in [9.17, 15) is 26.4 Å². The number of ketones is 1. The SMILES string of the molecule is CSc1c(S(C)(=O)=O)ccc(C(=O)c2cnoc2C2CC2)c1C(F)(F)F. The number of halogens is 3. The van der Waals surface area contributed by atoms with Crippen molar-refractivity contribution in [2.75, 3.05) is 12.5 Å². The zero-order valence-electron chi connectivity index (χ0n) is 13.8. The first-order valence-corrected chi connectivity index (χ1v) is 10.6. The van der Waals surface area contributed by atoms with E-state index in [1.165, 1.54) is 6.26 Å². The van der Waals surface area contributed by atoms with Crippen molar-refractivity contribution >= 4 is 27.4 Å². The molecule has 26 heavy (non-hydrogen) atoms. The number of carbonyl (C=O) groups excluding carboxylic acids is 1. The largest absolute Gasteiger partial charge is 0.418 e. The van der Waals surface area contributed by atoms with Gasteiger partial charge in [-0.2, -0.15) is 13.2 Å². The molecule has 1 saturated carbocycles. The van der Waals surface area contributed by atoms with Crippen molar-refractivity contribution in [3.8, 4) is 0 Å². The minimum absolute atomic E-state index is 0.0129. The molecule has 1 aliphatic rings. The Hall–Kier alpha value is -1.81. The number of thioether (sulfide) groups is 1. The number of benzene rings is 1. The Morgan fingerprint density at radius 3 is 2.42 bits per heavy atom. The lowest BCUT2D eigenvalue weighted by atomic mass is 9.97. The molecule has 10 heteroatoms. The molecule has 0 atom stereocenters. The Kier molecular flexibility index (Phi) is 4.68. The molecule has 0 radical (unpaired) electrons. The average Bonchev–Trinajstić information content (AvgIpc) is 3.27. The van der Waals surface area contributed by atoms with Crippen LogP contribution in [-0.4, -0.2) is 31.9 Å². The van der Waals surface area contributed by atoms with Crippen molar-refractivity contribution in [3.05, 3.63) is 40.8 Å². The average molecular weight is 405 g/mol. The van der Waals surface area contributed by atoms with E-state index in [0.29, 0.717) is 11.8 Å². The van der Waals surface area contributed by atoms with E-state index in [1.807, 2.05) is 0 Å². The predicted octanol–water partition coefficient (Wildman–Crippen LogP) is 3.93. The summed E-state index contributed by atoms with van der Waals surface area (Å²) in [7, 11) is -3.90. The standard InChI is InChI=1S/C16H14F3NO4S2/c1-25-15-11(26(2,22)23)6-5-9(12(15)16(17,18)19)13(21)10-7-20-24-14(10)8-3-4-8/h5-8H,3-4H2,1-2H3. The van der Waals surface area contributed by atoms with Gasteiger partial charge in [0, 0.05) is 22.6 Å². The molecule has 1 aromatic carbocycles. The van der Waals surface area contributed by atoms with Gasteiger partial charge in [0.1, 0.15) is 0 Å². The summed E-state index contributed by atoms with van der Waals surface area (Å²) in [5, 5.41) is 3.54. The normalized spacial score (nSPS) is 15.3. The fraction of sp³-hybridized carbons (Fsp3) is 0.375. The number of alkyl halides is 3. The van der Waals surface area contributed by atoms with Crippen molar-refractivity contribution in [2.24, 2.45) is 0 Å². The number of carbonyl (C=O) groups is 1. The molecule has 1 aliphatic carbocycles. The van der Waals surface area contributed by atoms with E-state index in [0.717, 1.165) is 37.4 Å². The lowest BCUT2D eigenvalue weighted by molar-refractivity contribution is -0.140. The molecule has 1 fully saturated rings. The van der Waals surface area contributed by atoms with Crippen molar-refractivity contribution in [1.82, 2.24) is 5.16 Å². The van der Waals surface area contributed by atoms with E-state index in [4.69, 9.17) is 4.52 Å². The van der Waals surface area contributed by atoms with Gasteiger partial charge >= 0.3 is 6.18 Å². The summed E-state index contributed by atoms with van der Waals surface area (Å²) >= 11 is 0.637. The van der Waals surface area contributed by atoms with Gasteiger partial charge in [-0.3, -0.25) is 4.79 Å². The molecule has 140 valence electrons. The zero-order chi connectivity index (χ0) is 19.3. The van der Waals surface area contributed by atoms with Crippen molar-refractivity contribution < 1.29 is 30.9 Å². The van der Waals surface area contributed by atoms with Crippen LogP contribution in [0, 0.1) is 0 Å². The molecule has 2 aromatic rings. The van der Waals surface area contributed by atoms with Crippen LogP contribution in [0.4, 0.5) is 13.2 Å². The second kappa shape index (κ2) is 6.41. The number of hydrogen-bond donors (Lipinski definition) is 0. The summed E-state index contributed by atoms with van der Waals surface area (Å²) in [5.41, 5.74) is -1.88. The maximum Gasteiger partial charge on any atom is 0.418 e. The minimum Gasteiger partial charge on any atom is -0.360 e. The fourth-order valence-corrected chi connectivity index (χ4v) is 4.89. The first-order valence-electron chi connectivity index (χ1n) is 7.53. The monoisotopic (exact) mass is 405 g/mol. The first kappa shape index (κ1) is 19.0. The van der Waals surface area contributed by atoms with E-state index in [2.05, 4.69) is 5.16 Å². The fourth-order valence-electron chi connectivity index (χ4n) is 2.73. The van der Waals surface area contributed by atoms with Crippen LogP contribution < -0.4 is 0 Å². The smallest absolute Gasteiger partial charge is 0.360 e. The van der Waals surface area contributed by atoms with Crippen LogP contribution in [-0.2, 0) is 16.0 Å². The van der Waals surface area contributed by atoms with Gasteiger partial charge in [-0.05, 0) is 31.2 Å². The molecule has 3 rings (SSSR count). The number of sulfone groups is 1. The Morgan fingerprint density at radius 2 is 1.92 bits per heavy atom. The molecular formula is C16H14F3NO4S2. The number of nitrogens with zero attached hydrogens (tertiary/aromatic N) is 1. The Morgan fingerprint density at radius 1 is 1.27 bits per heavy atom. The number of aromatic nitrogens is 1. The van der Waals surface area contributed by atoms with Gasteiger partial charge in [0.05, 0.1) is 22.2 Å². The highest BCUT2D eigenvalue weighted by molar-refractivity contribution is 7.99. The van der Waals surface area contributed by atoms with E-state index in [1.54, 1.807) is 0 Å². The lowest BCUT2D eigenvalue weighted by Gasteiger charge is -2.18. The Balaban J connectivity index is 2.24. The summed E-state index contributed by atoms with van der Waals surface area (Å²) < 4.78 is 70.0. The maximum atomic E-state index is 13.7. The van der Waals surface area contributed by atoms with Gasteiger partial charge in [-0.1, -0.05) is 5.16 Å². The van der Waals surface area contributed by atoms with Crippen molar-refractivity contribution in [3.63, 3.8) is 0 Å². The zero-order valence-corrected chi connectivity index (χ0v) is 15.4. The Bertz CT molecular complexity index is 976. The minimum atomic E-state index is -4.90. The highest BCUT2D eigenvalue weighted by Crippen LogP contribution is 2.45. The highest BCUT2D eigenvalue weighted by atomic mass is 32.2. The van der Waals surface area contributed by atoms with Crippen LogP contribution in [0.3, 0.4) is 0 Å². The van der Waals surface area contributed by atoms with Crippen molar-refractivity contribution in [2.45, 2.75) is 34.7 Å². The quantitative estimate of drug-likeness (QED) is 0.554. The predicted molar refractivity (Wildman–Crippen MR) is 88.2 cm³/mol. The second-order valence-corrected chi connectivity index (χ2v) is 8.80. The van der Waals surface area contributed by atoms with Crippen LogP contribution >= 0.6 is 11.8 Å². The van der Waals surface area contributed by atoms with Gasteiger partial charge in [-0.15, -0.1) is 11.8 Å². The Labute approximate surface area is 151 Å². The van der Waals surface area contributed by atoms with Crippen LogP contribution in [0.2, 0.25) is 0 Å². The maximum absolute atomic E-state index is 13.7. The summed E-state index contributed by atoms with van der Waals surface area (Å²) in [6.07, 6.45) is -0.0624. The number of hydrogen-bond acceptors (Lipinski definition) is 6. The van der Waals surface area contributed by atoms with E-state index in [-0.39, 0.29) is 17.2 Å². The molecule has 0 spiro atoms. The third-order valence-corrected chi connectivity index (χ3v) is 6.14. The molecule has 0 aliphatic heterocycles. The second-order valence-electron chi connectivity index (χ2n) is 6.00. The van der Waals surface area contributed by atoms with Crippen LogP contribution in [0.1, 0.15) is 46.0 Å². The van der Waals surface area contributed by atoms with Crippen molar-refractivity contribution in [1.29, 1.82) is 0 Å². The summed E-state index contributed by atoms with van der Waals surface area (Å²) in [6, 6.07) is 1.94. The van der Waals surface area contributed by atoms with Gasteiger partial charge < -0.3 is 4.52 Å². The molecule has 0 amide bonds. The molecule has 5 nitrogen and oxygen atoms in total. The lowest BCUT2D eigenvalue weighted by Crippen LogP contribution is -2.18. The topological polar surface area (TPSA) is 77.2 Å². The van der Waals surface area contributed by atoms with Crippen LogP contribution in [0.5, 0.6) is 0 Å². The molecule has 1 heterocycles. The third-order valence-electron chi connectivity index (χ3n) is 4.04. The van der Waals surface area contributed by atoms with E-state index >= 15 is 0 Å². The number of rotatable bonds is 5. The molecule has 0 bridgehead atoms. The molecule has 1 aromatic heterocycles. The van der Waals surface area contributed by atoms with Gasteiger partial charge in [-0.25, -0.2) is 8.42 Å². The third kappa shape index (κ3) is 3.39. The molecule has 0 unspecified atom stereocenters. The van der Waals surface area contributed by atoms with Gasteiger partial charge in [0.25, 0.3) is 0 Å². The van der Waals surface area contributed by atoms with Gasteiger partial charge in [0.2, 0.25) is 0 Å². The molecule has 0 saturated heterocycles. The van der Waals surface area contributed by atoms with Crippen LogP contribution in [0.25, 0.3) is 0 Å². The summed E-state index contributed by atoms with van der Waals surface area (Å²) in [5.74, 6) is -0.613. The summed E-state index contributed by atoms with van der Waals surface area (Å²) in [4.78, 5) is 11.9. The molecule has 0 N–H and O–H groups in total. The first-order chi connectivity index (χ1) is 12.1. The molecular weight excluding hydrogens is 391 g/mol.